The highest BCUT2D eigenvalue weighted by molar-refractivity contribution is 5.94. The van der Waals surface area contributed by atoms with Gasteiger partial charge < -0.3 is 20.4 Å². The van der Waals surface area contributed by atoms with Gasteiger partial charge in [0.15, 0.2) is 0 Å². The quantitative estimate of drug-likeness (QED) is 0.408. The van der Waals surface area contributed by atoms with Gasteiger partial charge in [0.25, 0.3) is 0 Å². The third-order valence-electron chi connectivity index (χ3n) is 9.01. The van der Waals surface area contributed by atoms with Gasteiger partial charge in [-0.15, -0.1) is 12.4 Å². The van der Waals surface area contributed by atoms with Gasteiger partial charge in [0.05, 0.1) is 0 Å². The van der Waals surface area contributed by atoms with Gasteiger partial charge in [0, 0.05) is 24.8 Å². The van der Waals surface area contributed by atoms with Gasteiger partial charge >= 0.3 is 0 Å². The maximum absolute atomic E-state index is 13.5. The van der Waals surface area contributed by atoms with Crippen molar-refractivity contribution in [2.24, 2.45) is 11.8 Å². The Kier molecular flexibility index (Phi) is 10.7. The summed E-state index contributed by atoms with van der Waals surface area (Å²) in [6, 6.07) is 11.4. The number of nitrogens with zero attached hydrogens (tertiary/aromatic N) is 2. The SMILES string of the molecule is CNCCCCCCC1NC(=O)C2(CCN(C3CCC(C(C)C)CC3)CC2)N1c1ccccc1.Cl. The number of hydrogen-bond acceptors (Lipinski definition) is 4. The molecule has 1 atom stereocenters. The summed E-state index contributed by atoms with van der Waals surface area (Å²) in [6.45, 7) is 7.95. The van der Waals surface area contributed by atoms with E-state index in [1.165, 1.54) is 57.1 Å². The molecule has 3 aliphatic rings. The second kappa shape index (κ2) is 13.3. The first-order valence-corrected chi connectivity index (χ1v) is 14.1. The van der Waals surface area contributed by atoms with E-state index >= 15 is 0 Å². The van der Waals surface area contributed by atoms with Crippen molar-refractivity contribution in [3.63, 3.8) is 0 Å². The molecule has 2 heterocycles. The van der Waals surface area contributed by atoms with Crippen molar-refractivity contribution in [1.82, 2.24) is 15.5 Å². The number of amides is 1. The van der Waals surface area contributed by atoms with Crippen molar-refractivity contribution < 1.29 is 4.79 Å². The summed E-state index contributed by atoms with van der Waals surface area (Å²) in [5.41, 5.74) is 0.816. The molecule has 4 rings (SSSR count). The van der Waals surface area contributed by atoms with Gasteiger partial charge in [-0.25, -0.2) is 0 Å². The van der Waals surface area contributed by atoms with Gasteiger partial charge in [0.2, 0.25) is 5.91 Å². The number of halogens is 1. The molecule has 1 amide bonds. The molecule has 0 radical (unpaired) electrons. The van der Waals surface area contributed by atoms with Crippen LogP contribution in [0.2, 0.25) is 0 Å². The highest BCUT2D eigenvalue weighted by atomic mass is 35.5. The molecule has 2 N–H and O–H groups in total. The highest BCUT2D eigenvalue weighted by Gasteiger charge is 2.54. The zero-order chi connectivity index (χ0) is 24.0. The van der Waals surface area contributed by atoms with E-state index in [2.05, 4.69) is 64.6 Å². The van der Waals surface area contributed by atoms with Crippen molar-refractivity contribution in [2.75, 3.05) is 31.6 Å². The van der Waals surface area contributed by atoms with E-state index in [4.69, 9.17) is 0 Å². The van der Waals surface area contributed by atoms with Crippen molar-refractivity contribution in [3.8, 4) is 0 Å². The summed E-state index contributed by atoms with van der Waals surface area (Å²) in [6.07, 6.45) is 13.3. The van der Waals surface area contributed by atoms with Crippen molar-refractivity contribution in [2.45, 2.75) is 102 Å². The van der Waals surface area contributed by atoms with Crippen LogP contribution in [0.25, 0.3) is 0 Å². The Morgan fingerprint density at radius 3 is 2.29 bits per heavy atom. The minimum atomic E-state index is -0.385. The predicted molar refractivity (Wildman–Crippen MR) is 149 cm³/mol. The molecule has 2 saturated heterocycles. The average molecular weight is 505 g/mol. The van der Waals surface area contributed by atoms with Crippen LogP contribution in [0.15, 0.2) is 30.3 Å². The predicted octanol–water partition coefficient (Wildman–Crippen LogP) is 5.59. The first-order chi connectivity index (χ1) is 16.5. The van der Waals surface area contributed by atoms with Crippen molar-refractivity contribution >= 4 is 24.0 Å². The number of unbranched alkanes of at least 4 members (excludes halogenated alkanes) is 3. The van der Waals surface area contributed by atoms with Crippen LogP contribution in [0.3, 0.4) is 0 Å². The number of carbonyl (C=O) groups excluding carboxylic acids is 1. The molecule has 5 nitrogen and oxygen atoms in total. The standard InChI is InChI=1S/C29H48N4O.ClH/c1-23(2)24-14-16-25(17-15-24)32-21-18-29(19-22-32)28(34)31-27(13-9-4-5-10-20-30-3)33(29)26-11-7-6-8-12-26;/h6-8,11-12,23-25,27,30H,4-5,9-10,13-22H2,1-3H3,(H,31,34);1H. The van der Waals surface area contributed by atoms with Crippen LogP contribution >= 0.6 is 12.4 Å². The Hall–Kier alpha value is -1.30. The Morgan fingerprint density at radius 2 is 1.66 bits per heavy atom. The zero-order valence-corrected chi connectivity index (χ0v) is 23.1. The van der Waals surface area contributed by atoms with Gasteiger partial charge in [0.1, 0.15) is 11.7 Å². The topological polar surface area (TPSA) is 47.6 Å². The zero-order valence-electron chi connectivity index (χ0n) is 22.3. The van der Waals surface area contributed by atoms with Crippen molar-refractivity contribution in [1.29, 1.82) is 0 Å². The molecule has 1 unspecified atom stereocenters. The van der Waals surface area contributed by atoms with E-state index in [0.29, 0.717) is 0 Å². The minimum absolute atomic E-state index is 0. The smallest absolute Gasteiger partial charge is 0.247 e. The average Bonchev–Trinajstić information content (AvgIpc) is 3.12. The van der Waals surface area contributed by atoms with Crippen LogP contribution in [0.5, 0.6) is 0 Å². The number of carbonyl (C=O) groups is 1. The molecule has 198 valence electrons. The fourth-order valence-corrected chi connectivity index (χ4v) is 6.83. The monoisotopic (exact) mass is 504 g/mol. The number of hydrogen-bond donors (Lipinski definition) is 2. The molecule has 35 heavy (non-hydrogen) atoms. The summed E-state index contributed by atoms with van der Waals surface area (Å²) in [4.78, 5) is 18.7. The molecule has 1 spiro atoms. The number of likely N-dealkylation sites (tertiary alicyclic amines) is 1. The Balaban J connectivity index is 0.00000342. The van der Waals surface area contributed by atoms with Crippen LogP contribution in [0.1, 0.15) is 84.5 Å². The van der Waals surface area contributed by atoms with Crippen LogP contribution in [-0.4, -0.2) is 55.2 Å². The third kappa shape index (κ3) is 6.53. The number of anilines is 1. The first-order valence-electron chi connectivity index (χ1n) is 14.1. The summed E-state index contributed by atoms with van der Waals surface area (Å²) < 4.78 is 0. The Labute approximate surface area is 220 Å². The fourth-order valence-electron chi connectivity index (χ4n) is 6.83. The lowest BCUT2D eigenvalue weighted by atomic mass is 9.78. The molecule has 1 aliphatic carbocycles. The molecular weight excluding hydrogens is 456 g/mol. The number of benzene rings is 1. The molecule has 2 aliphatic heterocycles. The summed E-state index contributed by atoms with van der Waals surface area (Å²) >= 11 is 0. The summed E-state index contributed by atoms with van der Waals surface area (Å²) in [5.74, 6) is 1.98. The van der Waals surface area contributed by atoms with E-state index in [9.17, 15) is 4.79 Å². The summed E-state index contributed by atoms with van der Waals surface area (Å²) in [5, 5.41) is 6.67. The molecule has 3 fully saturated rings. The van der Waals surface area contributed by atoms with E-state index in [0.717, 1.165) is 56.8 Å². The molecule has 1 aromatic rings. The highest BCUT2D eigenvalue weighted by Crippen LogP contribution is 2.41. The summed E-state index contributed by atoms with van der Waals surface area (Å²) in [7, 11) is 2.02. The first kappa shape index (κ1) is 28.3. The van der Waals surface area contributed by atoms with Crippen LogP contribution < -0.4 is 15.5 Å². The van der Waals surface area contributed by atoms with E-state index in [1.807, 2.05) is 7.05 Å². The molecule has 0 aromatic heterocycles. The lowest BCUT2D eigenvalue weighted by molar-refractivity contribution is -0.125. The molecular formula is C29H49ClN4O. The third-order valence-corrected chi connectivity index (χ3v) is 9.01. The Bertz CT molecular complexity index is 757. The molecule has 1 aromatic carbocycles. The van der Waals surface area contributed by atoms with Crippen LogP contribution in [0, 0.1) is 11.8 Å². The number of para-hydroxylation sites is 1. The number of nitrogens with one attached hydrogen (secondary N) is 2. The largest absolute Gasteiger partial charge is 0.336 e. The van der Waals surface area contributed by atoms with Crippen molar-refractivity contribution in [3.05, 3.63) is 30.3 Å². The molecule has 1 saturated carbocycles. The van der Waals surface area contributed by atoms with E-state index in [1.54, 1.807) is 0 Å². The normalized spacial score (nSPS) is 26.7. The van der Waals surface area contributed by atoms with Gasteiger partial charge in [-0.1, -0.05) is 44.9 Å². The number of piperidine rings is 1. The second-order valence-corrected chi connectivity index (χ2v) is 11.4. The van der Waals surface area contributed by atoms with E-state index in [-0.39, 0.29) is 30.0 Å². The van der Waals surface area contributed by atoms with Gasteiger partial charge in [-0.3, -0.25) is 4.79 Å². The van der Waals surface area contributed by atoms with E-state index < -0.39 is 0 Å². The van der Waals surface area contributed by atoms with Gasteiger partial charge in [-0.05, 0) is 95.3 Å². The Morgan fingerprint density at radius 1 is 1.00 bits per heavy atom. The fraction of sp³-hybridized carbons (Fsp3) is 0.759. The molecule has 0 bridgehead atoms. The number of rotatable bonds is 10. The molecule has 6 heteroatoms. The van der Waals surface area contributed by atoms with Gasteiger partial charge in [-0.2, -0.15) is 0 Å². The maximum Gasteiger partial charge on any atom is 0.247 e. The maximum atomic E-state index is 13.5. The second-order valence-electron chi connectivity index (χ2n) is 11.4. The van der Waals surface area contributed by atoms with Crippen LogP contribution in [-0.2, 0) is 4.79 Å². The lowest BCUT2D eigenvalue weighted by Gasteiger charge is -2.48. The minimum Gasteiger partial charge on any atom is -0.336 e. The van der Waals surface area contributed by atoms with Crippen LogP contribution in [0.4, 0.5) is 5.69 Å². The lowest BCUT2D eigenvalue weighted by Crippen LogP contribution is -2.59.